The van der Waals surface area contributed by atoms with Crippen molar-refractivity contribution in [1.29, 1.82) is 0 Å². The Kier molecular flexibility index (Phi) is 5.02. The average molecular weight is 371 g/mol. The standard InChI is InChI=1S/C24H18FNO2/c25-19-14-12-18(13-15-19)23(27)24-22(20-10-4-5-11-21(20)28-24)26-16-6-9-17-7-2-1-3-8-17/h1-15,26H,16H2/b9-6+. The molecule has 28 heavy (non-hydrogen) atoms. The minimum absolute atomic E-state index is 0.223. The lowest BCUT2D eigenvalue weighted by Gasteiger charge is -2.05. The largest absolute Gasteiger partial charge is 0.450 e. The second-order valence-corrected chi connectivity index (χ2v) is 6.33. The van der Waals surface area contributed by atoms with Crippen LogP contribution in [0.4, 0.5) is 10.1 Å². The quantitative estimate of drug-likeness (QED) is 0.427. The summed E-state index contributed by atoms with van der Waals surface area (Å²) in [6.45, 7) is 0.530. The van der Waals surface area contributed by atoms with Crippen LogP contribution >= 0.6 is 0 Å². The van der Waals surface area contributed by atoms with Gasteiger partial charge in [-0.3, -0.25) is 4.79 Å². The Bertz CT molecular complexity index is 1130. The molecule has 0 aliphatic carbocycles. The molecule has 0 saturated heterocycles. The summed E-state index contributed by atoms with van der Waals surface area (Å²) in [5.74, 6) is -0.447. The number of furan rings is 1. The molecule has 3 aromatic carbocycles. The van der Waals surface area contributed by atoms with Gasteiger partial charge >= 0.3 is 0 Å². The molecule has 0 atom stereocenters. The molecule has 4 aromatic rings. The first-order valence-corrected chi connectivity index (χ1v) is 8.99. The molecule has 4 rings (SSSR count). The highest BCUT2D eigenvalue weighted by Crippen LogP contribution is 2.32. The van der Waals surface area contributed by atoms with E-state index in [0.29, 0.717) is 23.4 Å². The molecule has 4 heteroatoms. The molecule has 0 fully saturated rings. The zero-order chi connectivity index (χ0) is 19.3. The van der Waals surface area contributed by atoms with E-state index in [9.17, 15) is 9.18 Å². The summed E-state index contributed by atoms with van der Waals surface area (Å²) < 4.78 is 19.0. The summed E-state index contributed by atoms with van der Waals surface area (Å²) in [4.78, 5) is 12.9. The van der Waals surface area contributed by atoms with Crippen molar-refractivity contribution in [1.82, 2.24) is 0 Å². The number of carbonyl (C=O) groups is 1. The number of nitrogens with one attached hydrogen (secondary N) is 1. The van der Waals surface area contributed by atoms with E-state index in [2.05, 4.69) is 5.32 Å². The zero-order valence-corrected chi connectivity index (χ0v) is 15.1. The summed E-state index contributed by atoms with van der Waals surface area (Å²) in [6, 6.07) is 22.9. The Hall–Kier alpha value is -3.66. The lowest BCUT2D eigenvalue weighted by molar-refractivity contribution is 0.101. The molecule has 0 unspecified atom stereocenters. The molecule has 1 heterocycles. The van der Waals surface area contributed by atoms with Gasteiger partial charge in [-0.05, 0) is 42.0 Å². The maximum Gasteiger partial charge on any atom is 0.230 e. The van der Waals surface area contributed by atoms with Gasteiger partial charge in [0, 0.05) is 17.5 Å². The lowest BCUT2D eigenvalue weighted by atomic mass is 10.1. The highest BCUT2D eigenvalue weighted by atomic mass is 19.1. The van der Waals surface area contributed by atoms with Gasteiger partial charge in [-0.15, -0.1) is 0 Å². The minimum Gasteiger partial charge on any atom is -0.450 e. The smallest absolute Gasteiger partial charge is 0.230 e. The van der Waals surface area contributed by atoms with Gasteiger partial charge in [-0.25, -0.2) is 4.39 Å². The maximum atomic E-state index is 13.2. The van der Waals surface area contributed by atoms with E-state index < -0.39 is 0 Å². The molecule has 0 amide bonds. The molecular formula is C24H18FNO2. The van der Waals surface area contributed by atoms with Crippen molar-refractivity contribution in [2.75, 3.05) is 11.9 Å². The van der Waals surface area contributed by atoms with E-state index >= 15 is 0 Å². The number of anilines is 1. The molecule has 1 N–H and O–H groups in total. The van der Waals surface area contributed by atoms with Crippen molar-refractivity contribution in [2.24, 2.45) is 0 Å². The molecule has 0 saturated carbocycles. The second kappa shape index (κ2) is 7.92. The Labute approximate surface area is 162 Å². The first-order chi connectivity index (χ1) is 13.7. The van der Waals surface area contributed by atoms with E-state index in [4.69, 9.17) is 4.42 Å². The molecule has 138 valence electrons. The van der Waals surface area contributed by atoms with Crippen molar-refractivity contribution in [3.63, 3.8) is 0 Å². The van der Waals surface area contributed by atoms with Crippen LogP contribution in [0, 0.1) is 5.82 Å². The Morgan fingerprint density at radius 2 is 1.64 bits per heavy atom. The first-order valence-electron chi connectivity index (χ1n) is 8.99. The van der Waals surface area contributed by atoms with Crippen LogP contribution in [-0.4, -0.2) is 12.3 Å². The van der Waals surface area contributed by atoms with E-state index in [0.717, 1.165) is 10.9 Å². The number of para-hydroxylation sites is 1. The normalized spacial score (nSPS) is 11.2. The fourth-order valence-electron chi connectivity index (χ4n) is 3.03. The Morgan fingerprint density at radius 1 is 0.929 bits per heavy atom. The van der Waals surface area contributed by atoms with Crippen LogP contribution in [0.3, 0.4) is 0 Å². The van der Waals surface area contributed by atoms with Crippen LogP contribution in [0.1, 0.15) is 21.7 Å². The third-order valence-electron chi connectivity index (χ3n) is 4.41. The zero-order valence-electron chi connectivity index (χ0n) is 15.1. The number of carbonyl (C=O) groups excluding carboxylic acids is 1. The SMILES string of the molecule is O=C(c1ccc(F)cc1)c1oc2ccccc2c1NC/C=C/c1ccccc1. The summed E-state index contributed by atoms with van der Waals surface area (Å²) in [5, 5.41) is 4.13. The van der Waals surface area contributed by atoms with Crippen LogP contribution in [0.25, 0.3) is 17.0 Å². The molecule has 0 radical (unpaired) electrons. The predicted octanol–water partition coefficient (Wildman–Crippen LogP) is 5.93. The Morgan fingerprint density at radius 3 is 2.43 bits per heavy atom. The highest BCUT2D eigenvalue weighted by Gasteiger charge is 2.21. The summed E-state index contributed by atoms with van der Waals surface area (Å²) in [7, 11) is 0. The lowest BCUT2D eigenvalue weighted by Crippen LogP contribution is -2.06. The average Bonchev–Trinajstić information content (AvgIpc) is 3.11. The van der Waals surface area contributed by atoms with Gasteiger partial charge in [0.15, 0.2) is 5.76 Å². The number of ketones is 1. The molecular weight excluding hydrogens is 353 g/mol. The van der Waals surface area contributed by atoms with Gasteiger partial charge in [-0.1, -0.05) is 54.6 Å². The summed E-state index contributed by atoms with van der Waals surface area (Å²) >= 11 is 0. The van der Waals surface area contributed by atoms with Crippen molar-refractivity contribution < 1.29 is 13.6 Å². The third kappa shape index (κ3) is 3.71. The number of hydrogen-bond donors (Lipinski definition) is 1. The summed E-state index contributed by atoms with van der Waals surface area (Å²) in [5.41, 5.74) is 2.75. The van der Waals surface area contributed by atoms with Gasteiger partial charge in [0.25, 0.3) is 0 Å². The molecule has 0 spiro atoms. The molecule has 1 aromatic heterocycles. The van der Waals surface area contributed by atoms with E-state index in [-0.39, 0.29) is 17.4 Å². The maximum absolute atomic E-state index is 13.2. The summed E-state index contributed by atoms with van der Waals surface area (Å²) in [6.07, 6.45) is 4.00. The number of hydrogen-bond acceptors (Lipinski definition) is 3. The number of benzene rings is 3. The highest BCUT2D eigenvalue weighted by molar-refractivity contribution is 6.14. The van der Waals surface area contributed by atoms with Crippen molar-refractivity contribution in [2.45, 2.75) is 0 Å². The van der Waals surface area contributed by atoms with Crippen LogP contribution in [0.15, 0.2) is 89.4 Å². The Balaban J connectivity index is 1.62. The van der Waals surface area contributed by atoms with Gasteiger partial charge in [0.1, 0.15) is 11.4 Å². The topological polar surface area (TPSA) is 42.2 Å². The van der Waals surface area contributed by atoms with Gasteiger partial charge in [-0.2, -0.15) is 0 Å². The van der Waals surface area contributed by atoms with Gasteiger partial charge in [0.2, 0.25) is 5.78 Å². The first kappa shape index (κ1) is 17.7. The fraction of sp³-hybridized carbons (Fsp3) is 0.0417. The molecule has 0 aliphatic heterocycles. The number of fused-ring (bicyclic) bond motifs is 1. The molecule has 3 nitrogen and oxygen atoms in total. The van der Waals surface area contributed by atoms with Gasteiger partial charge < -0.3 is 9.73 Å². The van der Waals surface area contributed by atoms with Crippen molar-refractivity contribution in [3.8, 4) is 0 Å². The fourth-order valence-corrected chi connectivity index (χ4v) is 3.03. The monoisotopic (exact) mass is 371 g/mol. The van der Waals surface area contributed by atoms with Crippen LogP contribution < -0.4 is 5.32 Å². The second-order valence-electron chi connectivity index (χ2n) is 6.33. The van der Waals surface area contributed by atoms with E-state index in [1.807, 2.05) is 66.7 Å². The van der Waals surface area contributed by atoms with Crippen molar-refractivity contribution in [3.05, 3.63) is 108 Å². The van der Waals surface area contributed by atoms with Crippen LogP contribution in [0.5, 0.6) is 0 Å². The minimum atomic E-state index is -0.384. The predicted molar refractivity (Wildman–Crippen MR) is 110 cm³/mol. The number of rotatable bonds is 6. The van der Waals surface area contributed by atoms with Gasteiger partial charge in [0.05, 0.1) is 5.69 Å². The molecule has 0 bridgehead atoms. The van der Waals surface area contributed by atoms with Crippen LogP contribution in [-0.2, 0) is 0 Å². The van der Waals surface area contributed by atoms with E-state index in [1.165, 1.54) is 24.3 Å². The third-order valence-corrected chi connectivity index (χ3v) is 4.41. The number of halogens is 1. The van der Waals surface area contributed by atoms with Crippen LogP contribution in [0.2, 0.25) is 0 Å². The molecule has 0 aliphatic rings. The van der Waals surface area contributed by atoms with Crippen molar-refractivity contribution >= 4 is 28.5 Å². The van der Waals surface area contributed by atoms with E-state index in [1.54, 1.807) is 0 Å².